The van der Waals surface area contributed by atoms with Crippen molar-refractivity contribution in [1.29, 1.82) is 0 Å². The van der Waals surface area contributed by atoms with Crippen LogP contribution in [0.1, 0.15) is 28.2 Å². The second-order valence-corrected chi connectivity index (χ2v) is 5.84. The molecule has 0 radical (unpaired) electrons. The number of aromatic nitrogens is 1. The van der Waals surface area contributed by atoms with Crippen LogP contribution in [0, 0.1) is 12.7 Å². The van der Waals surface area contributed by atoms with E-state index < -0.39 is 0 Å². The first-order chi connectivity index (χ1) is 11.1. The molecule has 0 unspecified atom stereocenters. The van der Waals surface area contributed by atoms with Crippen LogP contribution in [0.2, 0.25) is 0 Å². The van der Waals surface area contributed by atoms with E-state index in [1.165, 1.54) is 6.07 Å². The van der Waals surface area contributed by atoms with E-state index in [9.17, 15) is 9.18 Å². The fourth-order valence-corrected chi connectivity index (χ4v) is 2.83. The summed E-state index contributed by atoms with van der Waals surface area (Å²) in [4.78, 5) is 16.4. The third-order valence-corrected chi connectivity index (χ3v) is 4.07. The van der Waals surface area contributed by atoms with Gasteiger partial charge in [-0.15, -0.1) is 0 Å². The molecule has 23 heavy (non-hydrogen) atoms. The molecular formula is C17H20FN3O2. The second-order valence-electron chi connectivity index (χ2n) is 5.84. The Bertz CT molecular complexity index is 686. The van der Waals surface area contributed by atoms with E-state index in [1.807, 2.05) is 6.07 Å². The maximum Gasteiger partial charge on any atom is 0.276 e. The lowest BCUT2D eigenvalue weighted by atomic mass is 10.2. The summed E-state index contributed by atoms with van der Waals surface area (Å²) in [5.74, 6) is 0.349. The molecule has 0 spiro atoms. The summed E-state index contributed by atoms with van der Waals surface area (Å²) in [5.41, 5.74) is 1.05. The molecule has 0 N–H and O–H groups in total. The van der Waals surface area contributed by atoms with Gasteiger partial charge in [-0.1, -0.05) is 23.4 Å². The van der Waals surface area contributed by atoms with Gasteiger partial charge in [0.2, 0.25) is 0 Å². The third-order valence-electron chi connectivity index (χ3n) is 4.07. The average Bonchev–Trinajstić information content (AvgIpc) is 2.84. The number of hydrogen-bond donors (Lipinski definition) is 0. The van der Waals surface area contributed by atoms with Crippen molar-refractivity contribution in [3.05, 3.63) is 53.2 Å². The molecule has 0 saturated carbocycles. The van der Waals surface area contributed by atoms with E-state index in [0.29, 0.717) is 36.7 Å². The summed E-state index contributed by atoms with van der Waals surface area (Å²) in [6, 6.07) is 8.49. The van der Waals surface area contributed by atoms with Crippen molar-refractivity contribution in [2.45, 2.75) is 19.9 Å². The maximum atomic E-state index is 13.8. The summed E-state index contributed by atoms with van der Waals surface area (Å²) in [7, 11) is 0. The Labute approximate surface area is 134 Å². The Morgan fingerprint density at radius 2 is 2.09 bits per heavy atom. The van der Waals surface area contributed by atoms with E-state index >= 15 is 0 Å². The monoisotopic (exact) mass is 317 g/mol. The summed E-state index contributed by atoms with van der Waals surface area (Å²) < 4.78 is 18.7. The van der Waals surface area contributed by atoms with E-state index in [4.69, 9.17) is 4.52 Å². The fourth-order valence-electron chi connectivity index (χ4n) is 2.83. The molecule has 1 fully saturated rings. The van der Waals surface area contributed by atoms with Crippen LogP contribution in [0.25, 0.3) is 0 Å². The normalized spacial score (nSPS) is 16.3. The lowest BCUT2D eigenvalue weighted by molar-refractivity contribution is 0.0750. The predicted octanol–water partition coefficient (Wildman–Crippen LogP) is 2.47. The number of rotatable bonds is 3. The number of halogens is 1. The smallest absolute Gasteiger partial charge is 0.276 e. The first-order valence-corrected chi connectivity index (χ1v) is 7.82. The van der Waals surface area contributed by atoms with Gasteiger partial charge in [0.25, 0.3) is 5.91 Å². The van der Waals surface area contributed by atoms with Crippen molar-refractivity contribution in [3.8, 4) is 0 Å². The van der Waals surface area contributed by atoms with Crippen molar-refractivity contribution in [2.75, 3.05) is 26.2 Å². The van der Waals surface area contributed by atoms with Crippen molar-refractivity contribution in [2.24, 2.45) is 0 Å². The minimum absolute atomic E-state index is 0.102. The van der Waals surface area contributed by atoms with Gasteiger partial charge in [-0.25, -0.2) is 4.39 Å². The first-order valence-electron chi connectivity index (χ1n) is 7.82. The number of carbonyl (C=O) groups is 1. The minimum Gasteiger partial charge on any atom is -0.361 e. The number of benzene rings is 1. The summed E-state index contributed by atoms with van der Waals surface area (Å²) in [6.07, 6.45) is 0.858. The zero-order valence-electron chi connectivity index (χ0n) is 13.2. The van der Waals surface area contributed by atoms with Gasteiger partial charge in [-0.3, -0.25) is 9.69 Å². The van der Waals surface area contributed by atoms with E-state index in [0.717, 1.165) is 19.5 Å². The lowest BCUT2D eigenvalue weighted by Gasteiger charge is -2.21. The van der Waals surface area contributed by atoms with Crippen LogP contribution in [0.15, 0.2) is 34.9 Å². The number of nitrogens with zero attached hydrogens (tertiary/aromatic N) is 3. The van der Waals surface area contributed by atoms with Crippen molar-refractivity contribution in [1.82, 2.24) is 15.0 Å². The molecule has 6 heteroatoms. The van der Waals surface area contributed by atoms with E-state index in [1.54, 1.807) is 30.0 Å². The molecular weight excluding hydrogens is 297 g/mol. The lowest BCUT2D eigenvalue weighted by Crippen LogP contribution is -2.35. The molecule has 1 amide bonds. The van der Waals surface area contributed by atoms with Crippen molar-refractivity contribution < 1.29 is 13.7 Å². The molecule has 2 aromatic rings. The van der Waals surface area contributed by atoms with Crippen LogP contribution < -0.4 is 0 Å². The molecule has 0 atom stereocenters. The third kappa shape index (κ3) is 3.76. The van der Waals surface area contributed by atoms with Crippen LogP contribution in [0.4, 0.5) is 4.39 Å². The van der Waals surface area contributed by atoms with Crippen LogP contribution in [0.3, 0.4) is 0 Å². The van der Waals surface area contributed by atoms with Gasteiger partial charge in [0.1, 0.15) is 11.6 Å². The highest BCUT2D eigenvalue weighted by Crippen LogP contribution is 2.14. The molecule has 1 aromatic heterocycles. The van der Waals surface area contributed by atoms with Gasteiger partial charge in [-0.2, -0.15) is 0 Å². The van der Waals surface area contributed by atoms with Gasteiger partial charge >= 0.3 is 0 Å². The van der Waals surface area contributed by atoms with Crippen molar-refractivity contribution >= 4 is 5.91 Å². The van der Waals surface area contributed by atoms with Gasteiger partial charge in [0.15, 0.2) is 5.69 Å². The number of carbonyl (C=O) groups excluding carboxylic acids is 1. The molecule has 1 aliphatic heterocycles. The Balaban J connectivity index is 1.61. The molecule has 2 heterocycles. The van der Waals surface area contributed by atoms with Crippen LogP contribution >= 0.6 is 0 Å². The Morgan fingerprint density at radius 1 is 1.26 bits per heavy atom. The summed E-state index contributed by atoms with van der Waals surface area (Å²) in [5, 5.41) is 3.79. The fraction of sp³-hybridized carbons (Fsp3) is 0.412. The highest BCUT2D eigenvalue weighted by atomic mass is 19.1. The van der Waals surface area contributed by atoms with Gasteiger partial charge < -0.3 is 9.42 Å². The average molecular weight is 317 g/mol. The summed E-state index contributed by atoms with van der Waals surface area (Å²) >= 11 is 0. The second kappa shape index (κ2) is 6.91. The zero-order chi connectivity index (χ0) is 16.2. The topological polar surface area (TPSA) is 49.6 Å². The Hall–Kier alpha value is -2.21. The van der Waals surface area contributed by atoms with Crippen LogP contribution in [-0.2, 0) is 6.54 Å². The Kier molecular flexibility index (Phi) is 4.71. The van der Waals surface area contributed by atoms with Crippen LogP contribution in [-0.4, -0.2) is 47.0 Å². The van der Waals surface area contributed by atoms with E-state index in [-0.39, 0.29) is 11.7 Å². The highest BCUT2D eigenvalue weighted by Gasteiger charge is 2.22. The molecule has 0 aliphatic carbocycles. The highest BCUT2D eigenvalue weighted by molar-refractivity contribution is 5.92. The minimum atomic E-state index is -0.178. The van der Waals surface area contributed by atoms with Crippen LogP contribution in [0.5, 0.6) is 0 Å². The largest absolute Gasteiger partial charge is 0.361 e. The van der Waals surface area contributed by atoms with Gasteiger partial charge in [0, 0.05) is 44.4 Å². The maximum absolute atomic E-state index is 13.8. The quantitative estimate of drug-likeness (QED) is 0.872. The number of aryl methyl sites for hydroxylation is 1. The molecule has 122 valence electrons. The number of hydrogen-bond acceptors (Lipinski definition) is 4. The summed E-state index contributed by atoms with van der Waals surface area (Å²) in [6.45, 7) is 5.19. The molecule has 1 saturated heterocycles. The zero-order valence-corrected chi connectivity index (χ0v) is 13.2. The van der Waals surface area contributed by atoms with Crippen molar-refractivity contribution in [3.63, 3.8) is 0 Å². The molecule has 5 nitrogen and oxygen atoms in total. The van der Waals surface area contributed by atoms with Gasteiger partial charge in [0.05, 0.1) is 0 Å². The number of amides is 1. The first kappa shape index (κ1) is 15.7. The van der Waals surface area contributed by atoms with Gasteiger partial charge in [-0.05, 0) is 19.4 Å². The van der Waals surface area contributed by atoms with E-state index in [2.05, 4.69) is 10.1 Å². The molecule has 1 aliphatic rings. The standard InChI is InChI=1S/C17H20FN3O2/c1-13-11-16(19-23-13)17(22)21-8-4-7-20(9-10-21)12-14-5-2-3-6-15(14)18/h2-3,5-6,11H,4,7-10,12H2,1H3. The molecule has 1 aromatic carbocycles. The predicted molar refractivity (Wildman–Crippen MR) is 83.4 cm³/mol. The Morgan fingerprint density at radius 3 is 2.83 bits per heavy atom. The molecule has 3 rings (SSSR count). The molecule has 0 bridgehead atoms. The SMILES string of the molecule is Cc1cc(C(=O)N2CCCN(Cc3ccccc3F)CC2)no1.